The molecule has 1 aromatic heterocycles. The van der Waals surface area contributed by atoms with Crippen molar-refractivity contribution < 1.29 is 20.1 Å². The molecule has 0 bridgehead atoms. The van der Waals surface area contributed by atoms with Crippen molar-refractivity contribution in [2.75, 3.05) is 0 Å². The largest absolute Gasteiger partial charge is 0.387 e. The van der Waals surface area contributed by atoms with Crippen molar-refractivity contribution in [1.29, 1.82) is 0 Å². The van der Waals surface area contributed by atoms with E-state index in [2.05, 4.69) is 0 Å². The van der Waals surface area contributed by atoms with Gasteiger partial charge in [0.2, 0.25) is 0 Å². The summed E-state index contributed by atoms with van der Waals surface area (Å²) >= 11 is 0. The maximum atomic E-state index is 11.5. The Labute approximate surface area is 100 Å². The minimum absolute atomic E-state index is 0.598. The van der Waals surface area contributed by atoms with E-state index in [0.717, 1.165) is 16.8 Å². The highest BCUT2D eigenvalue weighted by Crippen LogP contribution is 2.28. The molecule has 1 aliphatic rings. The normalized spacial score (nSPS) is 33.6. The van der Waals surface area contributed by atoms with Crippen LogP contribution in [0.1, 0.15) is 6.23 Å². The van der Waals surface area contributed by atoms with Gasteiger partial charge in [0.25, 0.3) is 5.56 Å². The first kappa shape index (κ1) is 12.9. The summed E-state index contributed by atoms with van der Waals surface area (Å²) in [7, 11) is 0. The molecule has 5 atom stereocenters. The Balaban J connectivity index is 2.35. The van der Waals surface area contributed by atoms with Gasteiger partial charge in [-0.15, -0.1) is 0 Å². The zero-order chi connectivity index (χ0) is 13.4. The molecule has 0 aliphatic carbocycles. The quantitative estimate of drug-likeness (QED) is 0.345. The number of hydrogen-bond acceptors (Lipinski definition) is 7. The van der Waals surface area contributed by atoms with E-state index in [4.69, 9.17) is 15.6 Å². The van der Waals surface area contributed by atoms with E-state index < -0.39 is 42.0 Å². The SMILES string of the molecule is NC(O)[C@H]1O[C@@H](n2ccc(=O)[nH]c2=O)[C@H](O)[C@@H]1O. The standard InChI is InChI=1S/C9H13N3O6/c10-7(16)6-4(14)5(15)8(18-6)12-2-1-3(13)11-9(12)17/h1-2,4-8,14-16H,10H2,(H,11,13,17)/t4-,5+,6-,7?,8+/m0/s1. The Kier molecular flexibility index (Phi) is 3.32. The molecule has 1 unspecified atom stereocenters. The second-order valence-corrected chi connectivity index (χ2v) is 3.98. The summed E-state index contributed by atoms with van der Waals surface area (Å²) in [6, 6.07) is 1.07. The van der Waals surface area contributed by atoms with Crippen LogP contribution in [0.15, 0.2) is 21.9 Å². The molecule has 100 valence electrons. The van der Waals surface area contributed by atoms with Gasteiger partial charge in [-0.3, -0.25) is 14.3 Å². The van der Waals surface area contributed by atoms with Gasteiger partial charge < -0.3 is 25.8 Å². The molecule has 0 radical (unpaired) electrons. The first-order valence-electron chi connectivity index (χ1n) is 5.18. The number of aliphatic hydroxyl groups excluding tert-OH is 3. The summed E-state index contributed by atoms with van der Waals surface area (Å²) < 4.78 is 6.02. The number of aromatic nitrogens is 2. The lowest BCUT2D eigenvalue weighted by Crippen LogP contribution is -2.43. The monoisotopic (exact) mass is 259 g/mol. The first-order chi connectivity index (χ1) is 8.41. The van der Waals surface area contributed by atoms with Crippen molar-refractivity contribution in [1.82, 2.24) is 9.55 Å². The molecule has 1 fully saturated rings. The van der Waals surface area contributed by atoms with E-state index in [-0.39, 0.29) is 0 Å². The molecular formula is C9H13N3O6. The third kappa shape index (κ3) is 2.09. The highest BCUT2D eigenvalue weighted by molar-refractivity contribution is 4.94. The highest BCUT2D eigenvalue weighted by Gasteiger charge is 2.46. The van der Waals surface area contributed by atoms with E-state index >= 15 is 0 Å². The topological polar surface area (TPSA) is 151 Å². The number of aliphatic hydroxyl groups is 3. The van der Waals surface area contributed by atoms with Crippen LogP contribution >= 0.6 is 0 Å². The molecule has 0 saturated carbocycles. The van der Waals surface area contributed by atoms with Crippen LogP contribution in [0.2, 0.25) is 0 Å². The second kappa shape index (κ2) is 4.63. The van der Waals surface area contributed by atoms with Gasteiger partial charge in [-0.25, -0.2) is 4.79 Å². The van der Waals surface area contributed by atoms with Crippen LogP contribution in [0, 0.1) is 0 Å². The number of hydrogen-bond donors (Lipinski definition) is 5. The van der Waals surface area contributed by atoms with Crippen molar-refractivity contribution in [2.24, 2.45) is 5.73 Å². The van der Waals surface area contributed by atoms with Crippen LogP contribution in [0.4, 0.5) is 0 Å². The molecule has 1 aliphatic heterocycles. The summed E-state index contributed by atoms with van der Waals surface area (Å²) in [6.07, 6.45) is -5.72. The first-order valence-corrected chi connectivity index (χ1v) is 5.18. The van der Waals surface area contributed by atoms with Crippen LogP contribution in [0.3, 0.4) is 0 Å². The second-order valence-electron chi connectivity index (χ2n) is 3.98. The fourth-order valence-electron chi connectivity index (χ4n) is 1.83. The Hall–Kier alpha value is -1.52. The van der Waals surface area contributed by atoms with Crippen molar-refractivity contribution in [3.05, 3.63) is 33.1 Å². The Bertz CT molecular complexity index is 538. The van der Waals surface area contributed by atoms with Crippen LogP contribution in [-0.2, 0) is 4.74 Å². The lowest BCUT2D eigenvalue weighted by molar-refractivity contribution is -0.0838. The van der Waals surface area contributed by atoms with Gasteiger partial charge in [0.15, 0.2) is 6.23 Å². The van der Waals surface area contributed by atoms with Crippen molar-refractivity contribution in [2.45, 2.75) is 30.8 Å². The predicted octanol–water partition coefficient (Wildman–Crippen LogP) is -3.57. The zero-order valence-electron chi connectivity index (χ0n) is 9.13. The van der Waals surface area contributed by atoms with Gasteiger partial charge in [0, 0.05) is 12.3 Å². The number of ether oxygens (including phenoxy) is 1. The fourth-order valence-corrected chi connectivity index (χ4v) is 1.83. The highest BCUT2D eigenvalue weighted by atomic mass is 16.6. The summed E-state index contributed by atoms with van der Waals surface area (Å²) in [5.74, 6) is 0. The molecule has 18 heavy (non-hydrogen) atoms. The van der Waals surface area contributed by atoms with E-state index in [0.29, 0.717) is 0 Å². The van der Waals surface area contributed by atoms with Gasteiger partial charge in [0.1, 0.15) is 24.5 Å². The van der Waals surface area contributed by atoms with E-state index in [1.54, 1.807) is 0 Å². The smallest absolute Gasteiger partial charge is 0.330 e. The van der Waals surface area contributed by atoms with Gasteiger partial charge in [-0.1, -0.05) is 0 Å². The predicted molar refractivity (Wildman–Crippen MR) is 57.4 cm³/mol. The molecule has 0 amide bonds. The third-order valence-electron chi connectivity index (χ3n) is 2.74. The maximum absolute atomic E-state index is 11.5. The molecular weight excluding hydrogens is 246 g/mol. The number of rotatable bonds is 2. The van der Waals surface area contributed by atoms with Crippen molar-refractivity contribution in [3.8, 4) is 0 Å². The number of nitrogens with zero attached hydrogens (tertiary/aromatic N) is 1. The molecule has 9 nitrogen and oxygen atoms in total. The van der Waals surface area contributed by atoms with Gasteiger partial charge in [-0.05, 0) is 0 Å². The average molecular weight is 259 g/mol. The molecule has 1 aromatic rings. The van der Waals surface area contributed by atoms with E-state index in [1.807, 2.05) is 4.98 Å². The van der Waals surface area contributed by atoms with Crippen molar-refractivity contribution in [3.63, 3.8) is 0 Å². The van der Waals surface area contributed by atoms with Gasteiger partial charge in [0.05, 0.1) is 0 Å². The molecule has 2 rings (SSSR count). The molecule has 0 spiro atoms. The fraction of sp³-hybridized carbons (Fsp3) is 0.556. The zero-order valence-corrected chi connectivity index (χ0v) is 9.13. The third-order valence-corrected chi connectivity index (χ3v) is 2.74. The number of H-pyrrole nitrogens is 1. The lowest BCUT2D eigenvalue weighted by atomic mass is 10.1. The van der Waals surface area contributed by atoms with Gasteiger partial charge in [-0.2, -0.15) is 0 Å². The van der Waals surface area contributed by atoms with Crippen LogP contribution in [-0.4, -0.2) is 49.4 Å². The van der Waals surface area contributed by atoms with Crippen molar-refractivity contribution >= 4 is 0 Å². The Morgan fingerprint density at radius 3 is 2.56 bits per heavy atom. The minimum Gasteiger partial charge on any atom is -0.387 e. The van der Waals surface area contributed by atoms with Crippen LogP contribution in [0.5, 0.6) is 0 Å². The summed E-state index contributed by atoms with van der Waals surface area (Å²) in [5.41, 5.74) is 3.77. The lowest BCUT2D eigenvalue weighted by Gasteiger charge is -2.17. The van der Waals surface area contributed by atoms with Crippen LogP contribution < -0.4 is 17.0 Å². The van der Waals surface area contributed by atoms with Crippen LogP contribution in [0.25, 0.3) is 0 Å². The molecule has 1 saturated heterocycles. The Morgan fingerprint density at radius 1 is 1.39 bits per heavy atom. The van der Waals surface area contributed by atoms with E-state index in [1.165, 1.54) is 0 Å². The number of nitrogens with one attached hydrogen (secondary N) is 1. The van der Waals surface area contributed by atoms with E-state index in [9.17, 15) is 19.8 Å². The number of aromatic amines is 1. The Morgan fingerprint density at radius 2 is 2.06 bits per heavy atom. The summed E-state index contributed by atoms with van der Waals surface area (Å²) in [5, 5.41) is 28.5. The minimum atomic E-state index is -1.50. The summed E-state index contributed by atoms with van der Waals surface area (Å²) in [6.45, 7) is 0. The van der Waals surface area contributed by atoms with Gasteiger partial charge >= 0.3 is 5.69 Å². The summed E-state index contributed by atoms with van der Waals surface area (Å²) in [4.78, 5) is 24.4. The molecule has 6 N–H and O–H groups in total. The molecule has 2 heterocycles. The average Bonchev–Trinajstić information content (AvgIpc) is 2.57. The number of nitrogens with two attached hydrogens (primary N) is 1. The molecule has 9 heteroatoms. The molecule has 0 aromatic carbocycles. The maximum Gasteiger partial charge on any atom is 0.330 e.